The molecule has 1 amide bonds. The predicted octanol–water partition coefficient (Wildman–Crippen LogP) is 2.14. The van der Waals surface area contributed by atoms with E-state index in [4.69, 9.17) is 19.1 Å². The minimum atomic E-state index is -0.686. The number of rotatable bonds is 8. The molecule has 0 N–H and O–H groups in total. The van der Waals surface area contributed by atoms with Crippen LogP contribution in [-0.4, -0.2) is 43.9 Å². The SMILES string of the molecule is CCC(C)OCCOC(=O)N(OC)OC(C)C. The first-order chi connectivity index (χ1) is 8.01. The number of hydroxylamine groups is 2. The van der Waals surface area contributed by atoms with Gasteiger partial charge in [0.15, 0.2) is 0 Å². The van der Waals surface area contributed by atoms with E-state index in [1.807, 2.05) is 13.8 Å². The molecule has 0 aliphatic heterocycles. The molecule has 0 bridgehead atoms. The highest BCUT2D eigenvalue weighted by Gasteiger charge is 2.17. The number of ether oxygens (including phenoxy) is 2. The Bertz CT molecular complexity index is 210. The van der Waals surface area contributed by atoms with E-state index < -0.39 is 6.09 Å². The van der Waals surface area contributed by atoms with Gasteiger partial charge in [-0.2, -0.15) is 0 Å². The van der Waals surface area contributed by atoms with Gasteiger partial charge in [0.25, 0.3) is 0 Å². The van der Waals surface area contributed by atoms with Crippen LogP contribution in [0.2, 0.25) is 0 Å². The molecule has 6 heteroatoms. The van der Waals surface area contributed by atoms with Crippen LogP contribution in [0.3, 0.4) is 0 Å². The van der Waals surface area contributed by atoms with E-state index in [1.165, 1.54) is 7.11 Å². The Morgan fingerprint density at radius 1 is 1.24 bits per heavy atom. The van der Waals surface area contributed by atoms with Gasteiger partial charge in [-0.3, -0.25) is 0 Å². The minimum Gasteiger partial charge on any atom is -0.444 e. The third-order valence-corrected chi connectivity index (χ3v) is 1.91. The Hall–Kier alpha value is -0.850. The Balaban J connectivity index is 3.75. The van der Waals surface area contributed by atoms with Crippen molar-refractivity contribution in [1.82, 2.24) is 5.23 Å². The van der Waals surface area contributed by atoms with Crippen LogP contribution in [0.5, 0.6) is 0 Å². The van der Waals surface area contributed by atoms with Crippen molar-refractivity contribution in [2.45, 2.75) is 46.3 Å². The maximum Gasteiger partial charge on any atom is 0.459 e. The lowest BCUT2D eigenvalue weighted by Gasteiger charge is -2.20. The summed E-state index contributed by atoms with van der Waals surface area (Å²) in [6.45, 7) is 8.09. The van der Waals surface area contributed by atoms with Gasteiger partial charge in [-0.1, -0.05) is 6.92 Å². The maximum absolute atomic E-state index is 11.4. The molecule has 0 saturated heterocycles. The topological polar surface area (TPSA) is 57.2 Å². The van der Waals surface area contributed by atoms with Crippen molar-refractivity contribution >= 4 is 6.09 Å². The summed E-state index contributed by atoms with van der Waals surface area (Å²) in [5.41, 5.74) is 0. The summed E-state index contributed by atoms with van der Waals surface area (Å²) in [6, 6.07) is 0. The number of amides is 1. The van der Waals surface area contributed by atoms with Crippen molar-refractivity contribution in [1.29, 1.82) is 0 Å². The highest BCUT2D eigenvalue weighted by Crippen LogP contribution is 2.01. The lowest BCUT2D eigenvalue weighted by Crippen LogP contribution is -2.34. The second-order valence-electron chi connectivity index (χ2n) is 3.80. The van der Waals surface area contributed by atoms with Crippen molar-refractivity contribution < 1.29 is 23.9 Å². The zero-order valence-corrected chi connectivity index (χ0v) is 11.3. The molecular formula is C11H23NO5. The minimum absolute atomic E-state index is 0.166. The average Bonchev–Trinajstić information content (AvgIpc) is 2.30. The van der Waals surface area contributed by atoms with E-state index in [0.29, 0.717) is 11.8 Å². The van der Waals surface area contributed by atoms with Crippen LogP contribution >= 0.6 is 0 Å². The van der Waals surface area contributed by atoms with E-state index >= 15 is 0 Å². The average molecular weight is 249 g/mol. The Morgan fingerprint density at radius 2 is 1.88 bits per heavy atom. The predicted molar refractivity (Wildman–Crippen MR) is 62.1 cm³/mol. The van der Waals surface area contributed by atoms with E-state index in [-0.39, 0.29) is 18.8 Å². The number of hydrogen-bond donors (Lipinski definition) is 0. The van der Waals surface area contributed by atoms with Gasteiger partial charge >= 0.3 is 6.09 Å². The third kappa shape index (κ3) is 7.95. The van der Waals surface area contributed by atoms with Crippen LogP contribution in [0.1, 0.15) is 34.1 Å². The van der Waals surface area contributed by atoms with Gasteiger partial charge in [-0.05, 0) is 32.4 Å². The lowest BCUT2D eigenvalue weighted by atomic mass is 10.3. The number of hydrogen-bond acceptors (Lipinski definition) is 5. The molecule has 0 heterocycles. The van der Waals surface area contributed by atoms with Gasteiger partial charge < -0.3 is 9.47 Å². The fraction of sp³-hybridized carbons (Fsp3) is 0.909. The molecule has 17 heavy (non-hydrogen) atoms. The second-order valence-corrected chi connectivity index (χ2v) is 3.80. The van der Waals surface area contributed by atoms with E-state index in [1.54, 1.807) is 13.8 Å². The van der Waals surface area contributed by atoms with Crippen molar-refractivity contribution in [3.63, 3.8) is 0 Å². The second kappa shape index (κ2) is 9.21. The molecule has 1 atom stereocenters. The Labute approximate surface area is 103 Å². The third-order valence-electron chi connectivity index (χ3n) is 1.91. The summed E-state index contributed by atoms with van der Waals surface area (Å²) in [4.78, 5) is 21.2. The Kier molecular flexibility index (Phi) is 8.75. The summed E-state index contributed by atoms with van der Waals surface area (Å²) in [7, 11) is 1.33. The van der Waals surface area contributed by atoms with Crippen molar-refractivity contribution in [2.75, 3.05) is 20.3 Å². The van der Waals surface area contributed by atoms with Gasteiger partial charge in [0.2, 0.25) is 0 Å². The summed E-state index contributed by atoms with van der Waals surface area (Å²) in [5.74, 6) is 0. The van der Waals surface area contributed by atoms with Gasteiger partial charge in [-0.15, -0.1) is 0 Å². The van der Waals surface area contributed by atoms with Gasteiger partial charge in [0.1, 0.15) is 6.61 Å². The van der Waals surface area contributed by atoms with Gasteiger partial charge in [0.05, 0.1) is 25.9 Å². The van der Waals surface area contributed by atoms with E-state index in [2.05, 4.69) is 0 Å². The fourth-order valence-electron chi connectivity index (χ4n) is 0.901. The molecule has 0 radical (unpaired) electrons. The largest absolute Gasteiger partial charge is 0.459 e. The van der Waals surface area contributed by atoms with Crippen molar-refractivity contribution in [3.05, 3.63) is 0 Å². The zero-order chi connectivity index (χ0) is 13.3. The van der Waals surface area contributed by atoms with Crippen LogP contribution in [0.15, 0.2) is 0 Å². The first-order valence-electron chi connectivity index (χ1n) is 5.80. The van der Waals surface area contributed by atoms with Crippen LogP contribution in [0.25, 0.3) is 0 Å². The molecule has 0 fully saturated rings. The first-order valence-corrected chi connectivity index (χ1v) is 5.80. The lowest BCUT2D eigenvalue weighted by molar-refractivity contribution is -0.338. The summed E-state index contributed by atoms with van der Waals surface area (Å²) in [5, 5.41) is 0.716. The van der Waals surface area contributed by atoms with Gasteiger partial charge in [-0.25, -0.2) is 14.5 Å². The van der Waals surface area contributed by atoms with Crippen LogP contribution in [-0.2, 0) is 19.1 Å². The molecule has 0 aromatic heterocycles. The standard InChI is InChI=1S/C11H23NO5/c1-6-10(4)15-7-8-16-11(13)12(14-5)17-9(2)3/h9-10H,6-8H2,1-5H3. The molecule has 0 aromatic rings. The van der Waals surface area contributed by atoms with E-state index in [0.717, 1.165) is 6.42 Å². The quantitative estimate of drug-likeness (QED) is 0.487. The monoisotopic (exact) mass is 249 g/mol. The smallest absolute Gasteiger partial charge is 0.444 e. The molecule has 1 unspecified atom stereocenters. The molecule has 0 aliphatic carbocycles. The molecule has 0 aromatic carbocycles. The van der Waals surface area contributed by atoms with Crippen molar-refractivity contribution in [3.8, 4) is 0 Å². The summed E-state index contributed by atoms with van der Waals surface area (Å²) in [6.07, 6.45) is 0.237. The summed E-state index contributed by atoms with van der Waals surface area (Å²) >= 11 is 0. The van der Waals surface area contributed by atoms with Gasteiger partial charge in [0, 0.05) is 0 Å². The van der Waals surface area contributed by atoms with Crippen molar-refractivity contribution in [2.24, 2.45) is 0 Å². The van der Waals surface area contributed by atoms with Crippen LogP contribution in [0, 0.1) is 0 Å². The summed E-state index contributed by atoms with van der Waals surface area (Å²) < 4.78 is 10.3. The van der Waals surface area contributed by atoms with Crippen LogP contribution < -0.4 is 0 Å². The highest BCUT2D eigenvalue weighted by molar-refractivity contribution is 5.64. The number of carbonyl (C=O) groups is 1. The molecule has 102 valence electrons. The maximum atomic E-state index is 11.4. The number of carbonyl (C=O) groups excluding carboxylic acids is 1. The fourth-order valence-corrected chi connectivity index (χ4v) is 0.901. The normalized spacial score (nSPS) is 12.6. The zero-order valence-electron chi connectivity index (χ0n) is 11.3. The molecule has 6 nitrogen and oxygen atoms in total. The molecule has 0 rings (SSSR count). The molecular weight excluding hydrogens is 226 g/mol. The highest BCUT2D eigenvalue weighted by atomic mass is 17.0. The Morgan fingerprint density at radius 3 is 2.35 bits per heavy atom. The first kappa shape index (κ1) is 16.1. The van der Waals surface area contributed by atoms with Crippen LogP contribution in [0.4, 0.5) is 4.79 Å². The molecule has 0 saturated carbocycles. The number of nitrogens with zero attached hydrogens (tertiary/aromatic N) is 1. The van der Waals surface area contributed by atoms with E-state index in [9.17, 15) is 4.79 Å². The molecule has 0 spiro atoms. The molecule has 0 aliphatic rings.